The van der Waals surface area contributed by atoms with Crippen LogP contribution in [0.1, 0.15) is 19.8 Å². The van der Waals surface area contributed by atoms with Crippen LogP contribution in [-0.2, 0) is 9.47 Å². The highest BCUT2D eigenvalue weighted by Crippen LogP contribution is 2.30. The van der Waals surface area contributed by atoms with Crippen LogP contribution in [0, 0.1) is 5.82 Å². The average Bonchev–Trinajstić information content (AvgIpc) is 2.40. The Morgan fingerprint density at radius 3 is 2.68 bits per heavy atom. The summed E-state index contributed by atoms with van der Waals surface area (Å²) in [6, 6.07) is 1.43. The quantitative estimate of drug-likeness (QED) is 0.794. The van der Waals surface area contributed by atoms with Gasteiger partial charge in [-0.15, -0.1) is 0 Å². The Kier molecular flexibility index (Phi) is 4.76. The molecule has 0 radical (unpaired) electrons. The third kappa shape index (κ3) is 3.24. The van der Waals surface area contributed by atoms with Crippen molar-refractivity contribution in [2.45, 2.75) is 25.6 Å². The summed E-state index contributed by atoms with van der Waals surface area (Å²) in [6.07, 6.45) is 3.02. The minimum atomic E-state index is -0.531. The number of methoxy groups -OCH3 is 1. The lowest BCUT2D eigenvalue weighted by atomic mass is 10.0. The Bertz CT molecular complexity index is 437. The summed E-state index contributed by atoms with van der Waals surface area (Å²) >= 11 is 3.21. The molecule has 0 N–H and O–H groups in total. The van der Waals surface area contributed by atoms with Gasteiger partial charge in [0.1, 0.15) is 0 Å². The van der Waals surface area contributed by atoms with Gasteiger partial charge in [-0.05, 0) is 28.9 Å². The van der Waals surface area contributed by atoms with Crippen molar-refractivity contribution in [1.82, 2.24) is 4.98 Å². The van der Waals surface area contributed by atoms with Crippen molar-refractivity contribution in [3.8, 4) is 0 Å². The highest BCUT2D eigenvalue weighted by atomic mass is 79.9. The summed E-state index contributed by atoms with van der Waals surface area (Å²) in [7, 11) is 1.66. The molecule has 0 spiro atoms. The zero-order valence-corrected chi connectivity index (χ0v) is 12.7. The first kappa shape index (κ1) is 14.7. The van der Waals surface area contributed by atoms with Crippen LogP contribution in [-0.4, -0.2) is 37.6 Å². The second-order valence-electron chi connectivity index (χ2n) is 4.49. The van der Waals surface area contributed by atoms with Gasteiger partial charge in [0.15, 0.2) is 17.4 Å². The first-order chi connectivity index (χ1) is 9.10. The molecule has 0 amide bonds. The van der Waals surface area contributed by atoms with Crippen molar-refractivity contribution in [3.05, 3.63) is 22.6 Å². The molecule has 2 heterocycles. The van der Waals surface area contributed by atoms with Crippen molar-refractivity contribution in [3.63, 3.8) is 0 Å². The number of hydrogen-bond acceptors (Lipinski definition) is 4. The summed E-state index contributed by atoms with van der Waals surface area (Å²) < 4.78 is 25.7. The largest absolute Gasteiger partial charge is 0.354 e. The summed E-state index contributed by atoms with van der Waals surface area (Å²) in [5.41, 5.74) is 0. The summed E-state index contributed by atoms with van der Waals surface area (Å²) in [5.74, 6) is -0.447. The van der Waals surface area contributed by atoms with Crippen LogP contribution in [0.2, 0.25) is 0 Å². The molecular weight excluding hydrogens is 315 g/mol. The predicted molar refractivity (Wildman–Crippen MR) is 74.7 cm³/mol. The number of rotatable bonds is 4. The lowest BCUT2D eigenvalue weighted by molar-refractivity contribution is -0.230. The molecule has 1 fully saturated rings. The van der Waals surface area contributed by atoms with E-state index >= 15 is 0 Å². The van der Waals surface area contributed by atoms with E-state index in [1.165, 1.54) is 6.07 Å². The minimum Gasteiger partial charge on any atom is -0.354 e. The monoisotopic (exact) mass is 332 g/mol. The van der Waals surface area contributed by atoms with Crippen molar-refractivity contribution >= 4 is 21.7 Å². The standard InChI is InChI=1S/C13H18BrFN2O2/c1-3-19-13(18-2)4-6-17(7-5-13)12-11(15)8-10(14)9-16-12/h8-9H,3-7H2,1-2H3. The van der Waals surface area contributed by atoms with Crippen molar-refractivity contribution < 1.29 is 13.9 Å². The molecule has 0 bridgehead atoms. The molecule has 4 nitrogen and oxygen atoms in total. The Labute approximate surface area is 121 Å². The van der Waals surface area contributed by atoms with Crippen LogP contribution in [0.15, 0.2) is 16.7 Å². The van der Waals surface area contributed by atoms with Crippen LogP contribution >= 0.6 is 15.9 Å². The Balaban J connectivity index is 2.07. The molecular formula is C13H18BrFN2O2. The molecule has 0 aromatic carbocycles. The Morgan fingerprint density at radius 1 is 1.47 bits per heavy atom. The van der Waals surface area contributed by atoms with Gasteiger partial charge in [-0.1, -0.05) is 0 Å². The highest BCUT2D eigenvalue weighted by molar-refractivity contribution is 9.10. The van der Waals surface area contributed by atoms with Crippen LogP contribution in [0.4, 0.5) is 10.2 Å². The second-order valence-corrected chi connectivity index (χ2v) is 5.41. The number of halogens is 2. The molecule has 0 saturated carbocycles. The van der Waals surface area contributed by atoms with E-state index in [0.717, 1.165) is 0 Å². The summed E-state index contributed by atoms with van der Waals surface area (Å²) in [6.45, 7) is 3.89. The molecule has 0 aliphatic carbocycles. The van der Waals surface area contributed by atoms with Crippen LogP contribution in [0.5, 0.6) is 0 Å². The fourth-order valence-electron chi connectivity index (χ4n) is 2.37. The number of aromatic nitrogens is 1. The van der Waals surface area contributed by atoms with E-state index in [2.05, 4.69) is 20.9 Å². The van der Waals surface area contributed by atoms with Gasteiger partial charge in [-0.2, -0.15) is 0 Å². The van der Waals surface area contributed by atoms with Gasteiger partial charge < -0.3 is 14.4 Å². The second kappa shape index (κ2) is 6.15. The van der Waals surface area contributed by atoms with Crippen molar-refractivity contribution in [2.24, 2.45) is 0 Å². The number of nitrogens with zero attached hydrogens (tertiary/aromatic N) is 2. The van der Waals surface area contributed by atoms with E-state index in [1.807, 2.05) is 11.8 Å². The highest BCUT2D eigenvalue weighted by Gasteiger charge is 2.36. The van der Waals surface area contributed by atoms with Gasteiger partial charge >= 0.3 is 0 Å². The first-order valence-corrected chi connectivity index (χ1v) is 7.14. The molecule has 1 saturated heterocycles. The molecule has 106 valence electrons. The first-order valence-electron chi connectivity index (χ1n) is 6.35. The maximum absolute atomic E-state index is 13.9. The fraction of sp³-hybridized carbons (Fsp3) is 0.615. The summed E-state index contributed by atoms with van der Waals surface area (Å²) in [4.78, 5) is 6.07. The number of hydrogen-bond donors (Lipinski definition) is 0. The lowest BCUT2D eigenvalue weighted by Crippen LogP contribution is -2.47. The van der Waals surface area contributed by atoms with E-state index < -0.39 is 5.79 Å². The van der Waals surface area contributed by atoms with E-state index in [9.17, 15) is 4.39 Å². The van der Waals surface area contributed by atoms with Crippen molar-refractivity contribution in [2.75, 3.05) is 31.7 Å². The number of piperidine rings is 1. The van der Waals surface area contributed by atoms with Gasteiger partial charge in [-0.25, -0.2) is 9.37 Å². The molecule has 1 aromatic heterocycles. The SMILES string of the molecule is CCOC1(OC)CCN(c2ncc(Br)cc2F)CC1. The van der Waals surface area contributed by atoms with E-state index in [-0.39, 0.29) is 5.82 Å². The number of pyridine rings is 1. The van der Waals surface area contributed by atoms with Gasteiger partial charge in [0.05, 0.1) is 0 Å². The van der Waals surface area contributed by atoms with Crippen LogP contribution in [0.3, 0.4) is 0 Å². The minimum absolute atomic E-state index is 0.310. The zero-order valence-electron chi connectivity index (χ0n) is 11.2. The Hall–Kier alpha value is -0.720. The molecule has 0 atom stereocenters. The molecule has 1 aromatic rings. The number of anilines is 1. The van der Waals surface area contributed by atoms with E-state index in [0.29, 0.717) is 42.8 Å². The maximum Gasteiger partial charge on any atom is 0.171 e. The molecule has 1 aliphatic rings. The predicted octanol–water partition coefficient (Wildman–Crippen LogP) is 2.96. The normalized spacial score (nSPS) is 18.6. The van der Waals surface area contributed by atoms with E-state index in [1.54, 1.807) is 13.3 Å². The molecule has 6 heteroatoms. The topological polar surface area (TPSA) is 34.6 Å². The van der Waals surface area contributed by atoms with Crippen molar-refractivity contribution in [1.29, 1.82) is 0 Å². The third-order valence-electron chi connectivity index (χ3n) is 3.39. The summed E-state index contributed by atoms with van der Waals surface area (Å²) in [5, 5.41) is 0. The van der Waals surface area contributed by atoms with Gasteiger partial charge in [-0.3, -0.25) is 0 Å². The maximum atomic E-state index is 13.9. The van der Waals surface area contributed by atoms with Gasteiger partial charge in [0.25, 0.3) is 0 Å². The fourth-order valence-corrected chi connectivity index (χ4v) is 2.67. The molecule has 19 heavy (non-hydrogen) atoms. The van der Waals surface area contributed by atoms with Crippen LogP contribution in [0.25, 0.3) is 0 Å². The van der Waals surface area contributed by atoms with E-state index in [4.69, 9.17) is 9.47 Å². The van der Waals surface area contributed by atoms with Gasteiger partial charge in [0.2, 0.25) is 0 Å². The molecule has 0 unspecified atom stereocenters. The smallest absolute Gasteiger partial charge is 0.171 e. The lowest BCUT2D eigenvalue weighted by Gasteiger charge is -2.40. The number of ether oxygens (including phenoxy) is 2. The Morgan fingerprint density at radius 2 is 2.16 bits per heavy atom. The van der Waals surface area contributed by atoms with Gasteiger partial charge in [0, 0.05) is 50.3 Å². The zero-order chi connectivity index (χ0) is 13.9. The average molecular weight is 333 g/mol. The molecule has 2 rings (SSSR count). The van der Waals surface area contributed by atoms with Crippen LogP contribution < -0.4 is 4.90 Å². The third-order valence-corrected chi connectivity index (χ3v) is 3.83. The molecule has 1 aliphatic heterocycles.